The average molecular weight is 323 g/mol. The number of sulfonamides is 1. The van der Waals surface area contributed by atoms with E-state index in [1.807, 2.05) is 0 Å². The van der Waals surface area contributed by atoms with Gasteiger partial charge in [0, 0.05) is 18.9 Å². The Bertz CT molecular complexity index is 751. The molecule has 8 heteroatoms. The predicted molar refractivity (Wildman–Crippen MR) is 80.5 cm³/mol. The first-order valence-corrected chi connectivity index (χ1v) is 8.35. The summed E-state index contributed by atoms with van der Waals surface area (Å²) in [6.45, 7) is 1.30. The van der Waals surface area contributed by atoms with Crippen LogP contribution in [0.5, 0.6) is 5.75 Å². The molecule has 0 unspecified atom stereocenters. The van der Waals surface area contributed by atoms with Crippen LogP contribution in [0.15, 0.2) is 41.6 Å². The standard InChI is InChI=1S/C14H17N3O4S/c1-20-13-3-2-4-14(7-13)22(18,19)16-11-8-15-17(9-11)12-5-6-21-10-12/h2-4,7-9,12,16H,5-6,10H2,1H3/t12-/m1/s1. The minimum Gasteiger partial charge on any atom is -0.497 e. The summed E-state index contributed by atoms with van der Waals surface area (Å²) in [6, 6.07) is 6.47. The minimum absolute atomic E-state index is 0.142. The van der Waals surface area contributed by atoms with Crippen molar-refractivity contribution in [3.63, 3.8) is 0 Å². The second kappa shape index (κ2) is 5.98. The maximum Gasteiger partial charge on any atom is 0.262 e. The molecule has 1 N–H and O–H groups in total. The Morgan fingerprint density at radius 3 is 3.05 bits per heavy atom. The van der Waals surface area contributed by atoms with Gasteiger partial charge in [-0.3, -0.25) is 9.40 Å². The van der Waals surface area contributed by atoms with Gasteiger partial charge in [-0.15, -0.1) is 0 Å². The van der Waals surface area contributed by atoms with E-state index in [1.165, 1.54) is 25.4 Å². The second-order valence-electron chi connectivity index (χ2n) is 5.01. The van der Waals surface area contributed by atoms with Gasteiger partial charge < -0.3 is 9.47 Å². The highest BCUT2D eigenvalue weighted by Gasteiger charge is 2.20. The van der Waals surface area contributed by atoms with Gasteiger partial charge in [-0.05, 0) is 18.6 Å². The lowest BCUT2D eigenvalue weighted by Crippen LogP contribution is -2.13. The molecule has 3 rings (SSSR count). The number of hydrogen-bond acceptors (Lipinski definition) is 5. The first-order chi connectivity index (χ1) is 10.6. The summed E-state index contributed by atoms with van der Waals surface area (Å²) in [4.78, 5) is 0.142. The zero-order valence-corrected chi connectivity index (χ0v) is 12.9. The molecule has 0 amide bonds. The summed E-state index contributed by atoms with van der Waals surface area (Å²) in [6.07, 6.45) is 4.05. The molecule has 1 fully saturated rings. The number of hydrogen-bond donors (Lipinski definition) is 1. The van der Waals surface area contributed by atoms with Gasteiger partial charge in [-0.2, -0.15) is 5.10 Å². The number of nitrogens with zero attached hydrogens (tertiary/aromatic N) is 2. The quantitative estimate of drug-likeness (QED) is 0.905. The summed E-state index contributed by atoms with van der Waals surface area (Å²) in [5, 5.41) is 4.19. The summed E-state index contributed by atoms with van der Waals surface area (Å²) in [5.74, 6) is 0.488. The lowest BCUT2D eigenvalue weighted by atomic mass is 10.3. The molecule has 1 aliphatic rings. The highest BCUT2D eigenvalue weighted by Crippen LogP contribution is 2.22. The molecule has 0 spiro atoms. The van der Waals surface area contributed by atoms with Crippen molar-refractivity contribution in [2.24, 2.45) is 0 Å². The van der Waals surface area contributed by atoms with Crippen molar-refractivity contribution in [3.05, 3.63) is 36.7 Å². The van der Waals surface area contributed by atoms with Crippen LogP contribution in [0.3, 0.4) is 0 Å². The van der Waals surface area contributed by atoms with Crippen LogP contribution in [0.4, 0.5) is 5.69 Å². The lowest BCUT2D eigenvalue weighted by Gasteiger charge is -2.08. The monoisotopic (exact) mass is 323 g/mol. The number of methoxy groups -OCH3 is 1. The van der Waals surface area contributed by atoms with E-state index < -0.39 is 10.0 Å². The van der Waals surface area contributed by atoms with Crippen LogP contribution >= 0.6 is 0 Å². The summed E-state index contributed by atoms with van der Waals surface area (Å²) >= 11 is 0. The van der Waals surface area contributed by atoms with Crippen LogP contribution in [-0.2, 0) is 14.8 Å². The topological polar surface area (TPSA) is 82.5 Å². The smallest absolute Gasteiger partial charge is 0.262 e. The Morgan fingerprint density at radius 1 is 1.45 bits per heavy atom. The van der Waals surface area contributed by atoms with Crippen molar-refractivity contribution in [2.45, 2.75) is 17.4 Å². The molecule has 0 radical (unpaired) electrons. The molecule has 1 aliphatic heterocycles. The van der Waals surface area contributed by atoms with Gasteiger partial charge in [-0.25, -0.2) is 8.42 Å². The van der Waals surface area contributed by atoms with Crippen LogP contribution < -0.4 is 9.46 Å². The molecular weight excluding hydrogens is 306 g/mol. The van der Waals surface area contributed by atoms with E-state index in [9.17, 15) is 8.42 Å². The highest BCUT2D eigenvalue weighted by molar-refractivity contribution is 7.92. The van der Waals surface area contributed by atoms with Crippen molar-refractivity contribution in [1.29, 1.82) is 0 Å². The summed E-state index contributed by atoms with van der Waals surface area (Å²) in [7, 11) is -2.18. The van der Waals surface area contributed by atoms with Crippen LogP contribution in [-0.4, -0.2) is 38.5 Å². The fourth-order valence-electron chi connectivity index (χ4n) is 2.30. The van der Waals surface area contributed by atoms with E-state index in [1.54, 1.807) is 23.0 Å². The van der Waals surface area contributed by atoms with Gasteiger partial charge in [0.15, 0.2) is 0 Å². The zero-order valence-electron chi connectivity index (χ0n) is 12.1. The van der Waals surface area contributed by atoms with Crippen LogP contribution in [0, 0.1) is 0 Å². The molecule has 1 saturated heterocycles. The molecular formula is C14H17N3O4S. The van der Waals surface area contributed by atoms with Gasteiger partial charge in [0.25, 0.3) is 10.0 Å². The van der Waals surface area contributed by atoms with Crippen LogP contribution in [0.1, 0.15) is 12.5 Å². The number of anilines is 1. The average Bonchev–Trinajstić information content (AvgIpc) is 3.18. The number of rotatable bonds is 5. The van der Waals surface area contributed by atoms with Gasteiger partial charge in [0.2, 0.25) is 0 Å². The maximum absolute atomic E-state index is 12.4. The number of benzene rings is 1. The van der Waals surface area contributed by atoms with Gasteiger partial charge in [0.1, 0.15) is 5.75 Å². The minimum atomic E-state index is -3.67. The van der Waals surface area contributed by atoms with E-state index in [2.05, 4.69) is 9.82 Å². The van der Waals surface area contributed by atoms with Crippen molar-refractivity contribution < 1.29 is 17.9 Å². The molecule has 22 heavy (non-hydrogen) atoms. The van der Waals surface area contributed by atoms with Crippen molar-refractivity contribution in [1.82, 2.24) is 9.78 Å². The fraction of sp³-hybridized carbons (Fsp3) is 0.357. The molecule has 2 aromatic rings. The third kappa shape index (κ3) is 3.07. The van der Waals surface area contributed by atoms with E-state index in [-0.39, 0.29) is 10.9 Å². The molecule has 2 heterocycles. The maximum atomic E-state index is 12.4. The van der Waals surface area contributed by atoms with E-state index in [0.29, 0.717) is 24.7 Å². The Labute approximate surface area is 128 Å². The molecule has 118 valence electrons. The van der Waals surface area contributed by atoms with Crippen LogP contribution in [0.2, 0.25) is 0 Å². The molecule has 1 aromatic carbocycles. The number of nitrogens with one attached hydrogen (secondary N) is 1. The fourth-order valence-corrected chi connectivity index (χ4v) is 3.37. The molecule has 0 saturated carbocycles. The Kier molecular flexibility index (Phi) is 4.04. The number of aromatic nitrogens is 2. The van der Waals surface area contributed by atoms with Crippen molar-refractivity contribution in [2.75, 3.05) is 25.0 Å². The van der Waals surface area contributed by atoms with Crippen molar-refractivity contribution in [3.8, 4) is 5.75 Å². The van der Waals surface area contributed by atoms with Gasteiger partial charge >= 0.3 is 0 Å². The molecule has 1 atom stereocenters. The first kappa shape index (κ1) is 14.9. The normalized spacial score (nSPS) is 18.3. The lowest BCUT2D eigenvalue weighted by molar-refractivity contribution is 0.184. The third-order valence-corrected chi connectivity index (χ3v) is 4.86. The summed E-state index contributed by atoms with van der Waals surface area (Å²) in [5.41, 5.74) is 0.426. The Morgan fingerprint density at radius 2 is 2.32 bits per heavy atom. The molecule has 0 bridgehead atoms. The SMILES string of the molecule is COc1cccc(S(=O)(=O)Nc2cnn([C@@H]3CCOC3)c2)c1. The third-order valence-electron chi connectivity index (χ3n) is 3.48. The zero-order chi connectivity index (χ0) is 15.6. The van der Waals surface area contributed by atoms with E-state index in [0.717, 1.165) is 6.42 Å². The largest absolute Gasteiger partial charge is 0.497 e. The molecule has 0 aliphatic carbocycles. The second-order valence-corrected chi connectivity index (χ2v) is 6.69. The molecule has 1 aromatic heterocycles. The number of ether oxygens (including phenoxy) is 2. The van der Waals surface area contributed by atoms with Gasteiger partial charge in [0.05, 0.1) is 36.5 Å². The Hall–Kier alpha value is -2.06. The molecule has 7 nitrogen and oxygen atoms in total. The highest BCUT2D eigenvalue weighted by atomic mass is 32.2. The Balaban J connectivity index is 1.79. The van der Waals surface area contributed by atoms with Crippen LogP contribution in [0.25, 0.3) is 0 Å². The van der Waals surface area contributed by atoms with Crippen molar-refractivity contribution >= 4 is 15.7 Å². The summed E-state index contributed by atoms with van der Waals surface area (Å²) < 4.78 is 39.4. The predicted octanol–water partition coefficient (Wildman–Crippen LogP) is 1.65. The van der Waals surface area contributed by atoms with E-state index >= 15 is 0 Å². The first-order valence-electron chi connectivity index (χ1n) is 6.87. The van der Waals surface area contributed by atoms with Gasteiger partial charge in [-0.1, -0.05) is 6.07 Å². The van der Waals surface area contributed by atoms with E-state index in [4.69, 9.17) is 9.47 Å².